The van der Waals surface area contributed by atoms with Crippen LogP contribution in [0.4, 0.5) is 4.39 Å². The molecule has 0 amide bonds. The molecule has 0 aromatic rings. The molecule has 11 heavy (non-hydrogen) atoms. The van der Waals surface area contributed by atoms with Crippen LogP contribution in [0.2, 0.25) is 0 Å². The number of aliphatic carboxylic acids is 2. The van der Waals surface area contributed by atoms with E-state index in [0.717, 1.165) is 0 Å². The molecule has 5 nitrogen and oxygen atoms in total. The third-order valence-electron chi connectivity index (χ3n) is 0.811. The molecule has 60 valence electrons. The number of carbonyl (C=O) groups is 2. The average molecular weight is 162 g/mol. The lowest BCUT2D eigenvalue weighted by molar-refractivity contribution is -0.144. The second-order valence-electron chi connectivity index (χ2n) is 1.52. The zero-order valence-electron chi connectivity index (χ0n) is 5.07. The molecular weight excluding hydrogens is 159 g/mol. The van der Waals surface area contributed by atoms with Gasteiger partial charge in [-0.2, -0.15) is 0 Å². The Morgan fingerprint density at radius 3 is 1.91 bits per heavy atom. The van der Waals surface area contributed by atoms with E-state index in [0.29, 0.717) is 5.94 Å². The van der Waals surface area contributed by atoms with Crippen LogP contribution < -0.4 is 0 Å². The monoisotopic (exact) mass is 162 g/mol. The molecule has 0 aromatic carbocycles. The van der Waals surface area contributed by atoms with Gasteiger partial charge in [0.25, 0.3) is 0 Å². The van der Waals surface area contributed by atoms with Crippen LogP contribution in [0.3, 0.4) is 0 Å². The Balaban J connectivity index is 4.68. The van der Waals surface area contributed by atoms with Crippen LogP contribution in [0.15, 0.2) is 5.57 Å². The van der Waals surface area contributed by atoms with Crippen molar-refractivity contribution in [3.05, 3.63) is 5.57 Å². The van der Waals surface area contributed by atoms with E-state index in [2.05, 4.69) is 0 Å². The zero-order valence-corrected chi connectivity index (χ0v) is 5.07. The minimum Gasteiger partial charge on any atom is -0.479 e. The van der Waals surface area contributed by atoms with Crippen LogP contribution in [-0.2, 0) is 14.4 Å². The maximum Gasteiger partial charge on any atom is 0.346 e. The molecule has 0 bridgehead atoms. The van der Waals surface area contributed by atoms with Crippen molar-refractivity contribution in [1.29, 1.82) is 0 Å². The maximum absolute atomic E-state index is 12.2. The van der Waals surface area contributed by atoms with Gasteiger partial charge in [-0.3, -0.25) is 0 Å². The fourth-order valence-corrected chi connectivity index (χ4v) is 0.327. The van der Waals surface area contributed by atoms with E-state index in [1.807, 2.05) is 0 Å². The van der Waals surface area contributed by atoms with Crippen LogP contribution in [0.1, 0.15) is 0 Å². The van der Waals surface area contributed by atoms with Crippen molar-refractivity contribution in [1.82, 2.24) is 0 Å². The van der Waals surface area contributed by atoms with Gasteiger partial charge < -0.3 is 10.2 Å². The summed E-state index contributed by atoms with van der Waals surface area (Å²) < 4.78 is 12.2. The zero-order chi connectivity index (χ0) is 9.02. The SMILES string of the molecule is O=C=C(C(=O)O)C(F)C(=O)O. The van der Waals surface area contributed by atoms with Gasteiger partial charge in [-0.25, -0.2) is 18.8 Å². The Kier molecular flexibility index (Phi) is 2.95. The molecule has 6 heteroatoms. The molecule has 0 saturated heterocycles. The standard InChI is InChI=1S/C5H3FO5/c6-3(5(10)11)2(1-7)4(8)9/h3H,(H,8,9)(H,10,11). The van der Waals surface area contributed by atoms with E-state index in [4.69, 9.17) is 10.2 Å². The molecule has 1 unspecified atom stereocenters. The molecule has 2 N–H and O–H groups in total. The Bertz CT molecular complexity index is 239. The summed E-state index contributed by atoms with van der Waals surface area (Å²) in [5.41, 5.74) is -1.43. The molecule has 0 spiro atoms. The topological polar surface area (TPSA) is 91.7 Å². The molecule has 0 rings (SSSR count). The van der Waals surface area contributed by atoms with E-state index in [1.54, 1.807) is 0 Å². The lowest BCUT2D eigenvalue weighted by atomic mass is 10.2. The molecule has 0 aliphatic rings. The summed E-state index contributed by atoms with van der Waals surface area (Å²) >= 11 is 0. The van der Waals surface area contributed by atoms with Crippen molar-refractivity contribution in [3.8, 4) is 0 Å². The average Bonchev–Trinajstić information content (AvgIpc) is 1.88. The number of alkyl halides is 1. The smallest absolute Gasteiger partial charge is 0.346 e. The number of carboxylic acids is 2. The highest BCUT2D eigenvalue weighted by atomic mass is 19.1. The molecular formula is C5H3FO5. The summed E-state index contributed by atoms with van der Waals surface area (Å²) in [4.78, 5) is 29.3. The van der Waals surface area contributed by atoms with Crippen molar-refractivity contribution in [2.45, 2.75) is 6.17 Å². The molecule has 0 aromatic heterocycles. The Labute approximate surface area is 59.7 Å². The minimum absolute atomic E-state index is 0.694. The number of rotatable bonds is 3. The molecule has 0 aliphatic carbocycles. The van der Waals surface area contributed by atoms with Crippen LogP contribution in [0, 0.1) is 0 Å². The predicted molar refractivity (Wildman–Crippen MR) is 29.4 cm³/mol. The van der Waals surface area contributed by atoms with Gasteiger partial charge in [0.05, 0.1) is 0 Å². The van der Waals surface area contributed by atoms with Crippen molar-refractivity contribution < 1.29 is 29.0 Å². The Hall–Kier alpha value is -1.68. The van der Waals surface area contributed by atoms with Crippen LogP contribution in [-0.4, -0.2) is 34.3 Å². The number of halogens is 1. The van der Waals surface area contributed by atoms with Gasteiger partial charge in [0.1, 0.15) is 5.94 Å². The van der Waals surface area contributed by atoms with E-state index >= 15 is 0 Å². The molecule has 0 aliphatic heterocycles. The number of carbonyl (C=O) groups excluding carboxylic acids is 1. The number of hydrogen-bond donors (Lipinski definition) is 2. The largest absolute Gasteiger partial charge is 0.479 e. The molecule has 0 fully saturated rings. The summed E-state index contributed by atoms with van der Waals surface area (Å²) in [5, 5.41) is 15.9. The van der Waals surface area contributed by atoms with Crippen molar-refractivity contribution in [3.63, 3.8) is 0 Å². The van der Waals surface area contributed by atoms with Crippen molar-refractivity contribution in [2.75, 3.05) is 0 Å². The molecule has 0 radical (unpaired) electrons. The second kappa shape index (κ2) is 3.48. The fraction of sp³-hybridized carbons (Fsp3) is 0.200. The van der Waals surface area contributed by atoms with Crippen molar-refractivity contribution in [2.24, 2.45) is 0 Å². The van der Waals surface area contributed by atoms with Crippen LogP contribution >= 0.6 is 0 Å². The molecule has 1 atom stereocenters. The van der Waals surface area contributed by atoms with Crippen LogP contribution in [0.5, 0.6) is 0 Å². The fourth-order valence-electron chi connectivity index (χ4n) is 0.327. The van der Waals surface area contributed by atoms with E-state index in [9.17, 15) is 18.8 Å². The van der Waals surface area contributed by atoms with Gasteiger partial charge in [-0.1, -0.05) is 0 Å². The van der Waals surface area contributed by atoms with E-state index in [1.165, 1.54) is 0 Å². The first kappa shape index (κ1) is 9.32. The number of carboxylic acid groups (broad SMARTS) is 2. The van der Waals surface area contributed by atoms with Gasteiger partial charge in [0.2, 0.25) is 6.17 Å². The third kappa shape index (κ3) is 2.19. The first-order chi connectivity index (χ1) is 5.00. The van der Waals surface area contributed by atoms with Crippen molar-refractivity contribution >= 4 is 17.9 Å². The second-order valence-corrected chi connectivity index (χ2v) is 1.52. The highest BCUT2D eigenvalue weighted by Crippen LogP contribution is 2.02. The van der Waals surface area contributed by atoms with Gasteiger partial charge in [0, 0.05) is 0 Å². The Morgan fingerprint density at radius 2 is 1.82 bits per heavy atom. The van der Waals surface area contributed by atoms with E-state index < -0.39 is 23.7 Å². The first-order valence-electron chi connectivity index (χ1n) is 2.36. The van der Waals surface area contributed by atoms with Gasteiger partial charge in [-0.15, -0.1) is 0 Å². The highest BCUT2D eigenvalue weighted by Gasteiger charge is 2.28. The highest BCUT2D eigenvalue weighted by molar-refractivity contribution is 6.02. The quantitative estimate of drug-likeness (QED) is 0.420. The summed E-state index contributed by atoms with van der Waals surface area (Å²) in [6.45, 7) is 0. The maximum atomic E-state index is 12.2. The van der Waals surface area contributed by atoms with Gasteiger partial charge in [-0.05, 0) is 0 Å². The summed E-state index contributed by atoms with van der Waals surface area (Å²) in [6.07, 6.45) is -2.81. The lowest BCUT2D eigenvalue weighted by Crippen LogP contribution is -2.22. The summed E-state index contributed by atoms with van der Waals surface area (Å²) in [6, 6.07) is 0. The first-order valence-corrected chi connectivity index (χ1v) is 2.36. The third-order valence-corrected chi connectivity index (χ3v) is 0.811. The molecule has 0 heterocycles. The summed E-state index contributed by atoms with van der Waals surface area (Å²) in [5.74, 6) is -3.25. The number of hydrogen-bond acceptors (Lipinski definition) is 3. The van der Waals surface area contributed by atoms with Gasteiger partial charge in [0.15, 0.2) is 5.57 Å². The van der Waals surface area contributed by atoms with Gasteiger partial charge >= 0.3 is 11.9 Å². The summed E-state index contributed by atoms with van der Waals surface area (Å²) in [7, 11) is 0. The lowest BCUT2D eigenvalue weighted by Gasteiger charge is -1.97. The molecule has 0 saturated carbocycles. The Morgan fingerprint density at radius 1 is 1.36 bits per heavy atom. The minimum atomic E-state index is -2.81. The predicted octanol–water partition coefficient (Wildman–Crippen LogP) is -0.748. The normalized spacial score (nSPS) is 11.4. The van der Waals surface area contributed by atoms with E-state index in [-0.39, 0.29) is 0 Å². The van der Waals surface area contributed by atoms with Crippen LogP contribution in [0.25, 0.3) is 0 Å².